The summed E-state index contributed by atoms with van der Waals surface area (Å²) < 4.78 is 13.5. The van der Waals surface area contributed by atoms with Gasteiger partial charge in [-0.15, -0.1) is 0 Å². The molecule has 19 heavy (non-hydrogen) atoms. The topological polar surface area (TPSA) is 49.8 Å². The average Bonchev–Trinajstić information content (AvgIpc) is 2.42. The molecular weight excluding hydrogens is 243 g/mol. The molecule has 0 aliphatic heterocycles. The molecule has 0 bridgehead atoms. The molecule has 2 rings (SSSR count). The van der Waals surface area contributed by atoms with Crippen molar-refractivity contribution in [3.63, 3.8) is 0 Å². The number of benzene rings is 1. The third-order valence-electron chi connectivity index (χ3n) is 2.97. The number of halogens is 1. The Hall–Kier alpha value is -2.17. The van der Waals surface area contributed by atoms with Crippen LogP contribution in [-0.2, 0) is 6.42 Å². The highest BCUT2D eigenvalue weighted by Gasteiger charge is 2.09. The molecule has 0 unspecified atom stereocenters. The summed E-state index contributed by atoms with van der Waals surface area (Å²) in [5, 5.41) is 6.16. The van der Waals surface area contributed by atoms with E-state index in [1.165, 1.54) is 12.4 Å². The summed E-state index contributed by atoms with van der Waals surface area (Å²) >= 11 is 0. The van der Waals surface area contributed by atoms with E-state index in [0.29, 0.717) is 17.1 Å². The molecule has 2 aromatic rings. The number of nitrogens with zero attached hydrogens (tertiary/aromatic N) is 2. The molecule has 1 aromatic heterocycles. The lowest BCUT2D eigenvalue weighted by Gasteiger charge is -2.13. The SMILES string of the molecule is CCc1c(NC)ncnc1Nc1ccc(C)c(F)c1. The van der Waals surface area contributed by atoms with E-state index < -0.39 is 0 Å². The lowest BCUT2D eigenvalue weighted by atomic mass is 10.2. The molecule has 0 aliphatic carbocycles. The highest BCUT2D eigenvalue weighted by atomic mass is 19.1. The molecule has 0 fully saturated rings. The largest absolute Gasteiger partial charge is 0.373 e. The lowest BCUT2D eigenvalue weighted by molar-refractivity contribution is 0.619. The van der Waals surface area contributed by atoms with Gasteiger partial charge >= 0.3 is 0 Å². The first-order valence-electron chi connectivity index (χ1n) is 6.20. The minimum Gasteiger partial charge on any atom is -0.373 e. The summed E-state index contributed by atoms with van der Waals surface area (Å²) in [4.78, 5) is 8.39. The van der Waals surface area contributed by atoms with Crippen LogP contribution in [-0.4, -0.2) is 17.0 Å². The van der Waals surface area contributed by atoms with E-state index in [1.54, 1.807) is 13.0 Å². The minimum atomic E-state index is -0.231. The number of aryl methyl sites for hydroxylation is 1. The molecule has 1 aromatic carbocycles. The van der Waals surface area contributed by atoms with E-state index in [1.807, 2.05) is 20.0 Å². The Labute approximate surface area is 112 Å². The normalized spacial score (nSPS) is 10.3. The van der Waals surface area contributed by atoms with Crippen LogP contribution in [0.3, 0.4) is 0 Å². The Balaban J connectivity index is 2.35. The van der Waals surface area contributed by atoms with Gasteiger partial charge in [-0.1, -0.05) is 13.0 Å². The maximum Gasteiger partial charge on any atom is 0.139 e. The quantitative estimate of drug-likeness (QED) is 0.885. The van der Waals surface area contributed by atoms with Crippen molar-refractivity contribution in [2.75, 3.05) is 17.7 Å². The Morgan fingerprint density at radius 1 is 1.21 bits per heavy atom. The van der Waals surface area contributed by atoms with E-state index in [4.69, 9.17) is 0 Å². The van der Waals surface area contributed by atoms with Gasteiger partial charge in [0.1, 0.15) is 23.8 Å². The second-order valence-electron chi connectivity index (χ2n) is 4.24. The number of hydrogen-bond acceptors (Lipinski definition) is 4. The van der Waals surface area contributed by atoms with Gasteiger partial charge in [0.25, 0.3) is 0 Å². The van der Waals surface area contributed by atoms with Gasteiger partial charge in [0.05, 0.1) is 0 Å². The van der Waals surface area contributed by atoms with Crippen molar-refractivity contribution in [1.82, 2.24) is 9.97 Å². The van der Waals surface area contributed by atoms with Gasteiger partial charge < -0.3 is 10.6 Å². The van der Waals surface area contributed by atoms with Crippen LogP contribution in [0.4, 0.5) is 21.7 Å². The van der Waals surface area contributed by atoms with E-state index in [-0.39, 0.29) is 5.82 Å². The van der Waals surface area contributed by atoms with Crippen molar-refractivity contribution in [2.45, 2.75) is 20.3 Å². The highest BCUT2D eigenvalue weighted by Crippen LogP contribution is 2.24. The number of rotatable bonds is 4. The monoisotopic (exact) mass is 260 g/mol. The molecule has 0 aliphatic rings. The first-order valence-corrected chi connectivity index (χ1v) is 6.20. The fourth-order valence-electron chi connectivity index (χ4n) is 1.88. The minimum absolute atomic E-state index is 0.231. The van der Waals surface area contributed by atoms with Crippen molar-refractivity contribution in [1.29, 1.82) is 0 Å². The fraction of sp³-hybridized carbons (Fsp3) is 0.286. The Bertz CT molecular complexity index is 584. The molecule has 0 spiro atoms. The third kappa shape index (κ3) is 2.81. The van der Waals surface area contributed by atoms with Crippen LogP contribution in [0.15, 0.2) is 24.5 Å². The van der Waals surface area contributed by atoms with Crippen LogP contribution in [0, 0.1) is 12.7 Å². The summed E-state index contributed by atoms with van der Waals surface area (Å²) in [5.74, 6) is 1.25. The standard InChI is InChI=1S/C14H17FN4/c1-4-11-13(16-3)17-8-18-14(11)19-10-6-5-9(2)12(15)7-10/h5-8H,4H2,1-3H3,(H2,16,17,18,19). The molecule has 0 radical (unpaired) electrons. The van der Waals surface area contributed by atoms with E-state index >= 15 is 0 Å². The van der Waals surface area contributed by atoms with Crippen molar-refractivity contribution in [3.05, 3.63) is 41.5 Å². The second-order valence-corrected chi connectivity index (χ2v) is 4.24. The molecule has 100 valence electrons. The average molecular weight is 260 g/mol. The summed E-state index contributed by atoms with van der Waals surface area (Å²) in [6.07, 6.45) is 2.27. The van der Waals surface area contributed by atoms with Gasteiger partial charge in [-0.25, -0.2) is 14.4 Å². The van der Waals surface area contributed by atoms with Crippen molar-refractivity contribution in [2.24, 2.45) is 0 Å². The van der Waals surface area contributed by atoms with Crippen LogP contribution in [0.2, 0.25) is 0 Å². The zero-order valence-corrected chi connectivity index (χ0v) is 11.3. The predicted molar refractivity (Wildman–Crippen MR) is 75.4 cm³/mol. The van der Waals surface area contributed by atoms with Gasteiger partial charge in [-0.05, 0) is 31.0 Å². The number of nitrogens with one attached hydrogen (secondary N) is 2. The van der Waals surface area contributed by atoms with Crippen LogP contribution in [0.5, 0.6) is 0 Å². The summed E-state index contributed by atoms with van der Waals surface area (Å²) in [5.41, 5.74) is 2.28. The second kappa shape index (κ2) is 5.65. The zero-order chi connectivity index (χ0) is 13.8. The van der Waals surface area contributed by atoms with E-state index in [9.17, 15) is 4.39 Å². The van der Waals surface area contributed by atoms with Crippen LogP contribution >= 0.6 is 0 Å². The lowest BCUT2D eigenvalue weighted by Crippen LogP contribution is -2.05. The molecule has 0 saturated carbocycles. The Kier molecular flexibility index (Phi) is 3.94. The number of aromatic nitrogens is 2. The number of hydrogen-bond donors (Lipinski definition) is 2. The molecule has 0 atom stereocenters. The Morgan fingerprint density at radius 3 is 2.58 bits per heavy atom. The smallest absolute Gasteiger partial charge is 0.139 e. The predicted octanol–water partition coefficient (Wildman–Crippen LogP) is 3.27. The van der Waals surface area contributed by atoms with Gasteiger partial charge in [-0.2, -0.15) is 0 Å². The van der Waals surface area contributed by atoms with Gasteiger partial charge in [0.2, 0.25) is 0 Å². The van der Waals surface area contributed by atoms with Gasteiger partial charge in [-0.3, -0.25) is 0 Å². The first kappa shape index (κ1) is 13.3. The van der Waals surface area contributed by atoms with E-state index in [2.05, 4.69) is 20.6 Å². The first-order chi connectivity index (χ1) is 9.15. The molecule has 2 N–H and O–H groups in total. The highest BCUT2D eigenvalue weighted by molar-refractivity contribution is 5.64. The molecule has 1 heterocycles. The maximum atomic E-state index is 13.5. The van der Waals surface area contributed by atoms with Gasteiger partial charge in [0, 0.05) is 18.3 Å². The van der Waals surface area contributed by atoms with Crippen LogP contribution in [0.1, 0.15) is 18.1 Å². The maximum absolute atomic E-state index is 13.5. The van der Waals surface area contributed by atoms with E-state index in [0.717, 1.165) is 17.8 Å². The summed E-state index contributed by atoms with van der Waals surface area (Å²) in [6, 6.07) is 5.04. The fourth-order valence-corrected chi connectivity index (χ4v) is 1.88. The van der Waals surface area contributed by atoms with Gasteiger partial charge in [0.15, 0.2) is 0 Å². The third-order valence-corrected chi connectivity index (χ3v) is 2.97. The number of anilines is 3. The van der Waals surface area contributed by atoms with Crippen molar-refractivity contribution in [3.8, 4) is 0 Å². The Morgan fingerprint density at radius 2 is 1.95 bits per heavy atom. The van der Waals surface area contributed by atoms with Crippen molar-refractivity contribution >= 4 is 17.3 Å². The molecule has 0 amide bonds. The van der Waals surface area contributed by atoms with Crippen LogP contribution < -0.4 is 10.6 Å². The van der Waals surface area contributed by atoms with Crippen LogP contribution in [0.25, 0.3) is 0 Å². The molecular formula is C14H17FN4. The summed E-state index contributed by atoms with van der Waals surface area (Å²) in [7, 11) is 1.82. The van der Waals surface area contributed by atoms with Crippen molar-refractivity contribution < 1.29 is 4.39 Å². The molecule has 0 saturated heterocycles. The zero-order valence-electron chi connectivity index (χ0n) is 11.3. The molecule has 5 heteroatoms. The summed E-state index contributed by atoms with van der Waals surface area (Å²) in [6.45, 7) is 3.76. The molecule has 4 nitrogen and oxygen atoms in total.